The normalized spacial score (nSPS) is 11.2. The maximum Gasteiger partial charge on any atom is 0.260 e. The standard InChI is InChI=1S/C21H22N4O4S/c1-3-4-10-23-30(27,28)17-9-7-8-16(13-17)24-20(26)19-15(2)29-21(18(19)14-22)25-11-5-6-12-25/h5-9,11-13,23H,3-4,10H2,1-2H3,(H,24,26). The van der Waals surface area contributed by atoms with E-state index in [9.17, 15) is 18.5 Å². The minimum Gasteiger partial charge on any atom is -0.443 e. The second-order valence-corrected chi connectivity index (χ2v) is 8.42. The number of carbonyl (C=O) groups excluding carboxylic acids is 1. The first-order valence-electron chi connectivity index (χ1n) is 9.45. The molecular weight excluding hydrogens is 404 g/mol. The van der Waals surface area contributed by atoms with E-state index in [0.717, 1.165) is 12.8 Å². The molecule has 0 unspecified atom stereocenters. The fraction of sp³-hybridized carbons (Fsp3) is 0.238. The summed E-state index contributed by atoms with van der Waals surface area (Å²) in [6.45, 7) is 3.91. The number of amides is 1. The van der Waals surface area contributed by atoms with Gasteiger partial charge in [0.2, 0.25) is 15.9 Å². The predicted octanol–water partition coefficient (Wildman–Crippen LogP) is 3.58. The lowest BCUT2D eigenvalue weighted by atomic mass is 10.1. The number of carbonyl (C=O) groups is 1. The summed E-state index contributed by atoms with van der Waals surface area (Å²) in [5, 5.41) is 12.2. The molecule has 8 nitrogen and oxygen atoms in total. The van der Waals surface area contributed by atoms with Gasteiger partial charge in [0.05, 0.1) is 4.90 Å². The fourth-order valence-electron chi connectivity index (χ4n) is 2.96. The lowest BCUT2D eigenvalue weighted by Gasteiger charge is -2.09. The van der Waals surface area contributed by atoms with E-state index in [2.05, 4.69) is 10.0 Å². The summed E-state index contributed by atoms with van der Waals surface area (Å²) in [4.78, 5) is 12.9. The largest absolute Gasteiger partial charge is 0.443 e. The molecule has 0 aliphatic rings. The van der Waals surface area contributed by atoms with E-state index in [1.54, 1.807) is 48.1 Å². The molecule has 1 aromatic carbocycles. The van der Waals surface area contributed by atoms with E-state index >= 15 is 0 Å². The maximum absolute atomic E-state index is 12.9. The van der Waals surface area contributed by atoms with Crippen molar-refractivity contribution in [2.45, 2.75) is 31.6 Å². The smallest absolute Gasteiger partial charge is 0.260 e. The number of unbranched alkanes of at least 4 members (excludes halogenated alkanes) is 1. The van der Waals surface area contributed by atoms with E-state index < -0.39 is 15.9 Å². The van der Waals surface area contributed by atoms with Crippen LogP contribution in [0.2, 0.25) is 0 Å². The fourth-order valence-corrected chi connectivity index (χ4v) is 4.08. The number of nitrogens with one attached hydrogen (secondary N) is 2. The molecule has 156 valence electrons. The van der Waals surface area contributed by atoms with Gasteiger partial charge in [0.15, 0.2) is 0 Å². The van der Waals surface area contributed by atoms with Gasteiger partial charge >= 0.3 is 0 Å². The average molecular weight is 426 g/mol. The van der Waals surface area contributed by atoms with Gasteiger partial charge in [-0.2, -0.15) is 5.26 Å². The minimum absolute atomic E-state index is 0.0499. The Balaban J connectivity index is 1.87. The van der Waals surface area contributed by atoms with Crippen LogP contribution in [0.4, 0.5) is 5.69 Å². The van der Waals surface area contributed by atoms with Crippen molar-refractivity contribution < 1.29 is 17.6 Å². The van der Waals surface area contributed by atoms with Gasteiger partial charge < -0.3 is 9.73 Å². The van der Waals surface area contributed by atoms with Gasteiger partial charge in [0.25, 0.3) is 5.91 Å². The van der Waals surface area contributed by atoms with Crippen LogP contribution in [-0.2, 0) is 10.0 Å². The minimum atomic E-state index is -3.68. The van der Waals surface area contributed by atoms with Crippen molar-refractivity contribution in [3.63, 3.8) is 0 Å². The summed E-state index contributed by atoms with van der Waals surface area (Å²) in [5.74, 6) is -0.0148. The maximum atomic E-state index is 12.9. The molecule has 0 radical (unpaired) electrons. The highest BCUT2D eigenvalue weighted by Crippen LogP contribution is 2.26. The van der Waals surface area contributed by atoms with Gasteiger partial charge in [-0.1, -0.05) is 19.4 Å². The highest BCUT2D eigenvalue weighted by atomic mass is 32.2. The van der Waals surface area contributed by atoms with Crippen molar-refractivity contribution in [2.24, 2.45) is 0 Å². The van der Waals surface area contributed by atoms with Crippen molar-refractivity contribution in [3.05, 3.63) is 65.7 Å². The Morgan fingerprint density at radius 2 is 1.97 bits per heavy atom. The second kappa shape index (κ2) is 8.98. The monoisotopic (exact) mass is 426 g/mol. The van der Waals surface area contributed by atoms with Crippen LogP contribution in [0.25, 0.3) is 5.88 Å². The molecule has 3 aromatic rings. The van der Waals surface area contributed by atoms with Crippen LogP contribution < -0.4 is 10.0 Å². The summed E-state index contributed by atoms with van der Waals surface area (Å²) < 4.78 is 34.6. The Morgan fingerprint density at radius 3 is 2.63 bits per heavy atom. The molecule has 3 rings (SSSR count). The Kier molecular flexibility index (Phi) is 6.40. The average Bonchev–Trinajstić information content (AvgIpc) is 3.35. The molecule has 0 aliphatic carbocycles. The number of hydrogen-bond donors (Lipinski definition) is 2. The third-order valence-corrected chi connectivity index (χ3v) is 5.93. The zero-order valence-electron chi connectivity index (χ0n) is 16.7. The number of sulfonamides is 1. The third-order valence-electron chi connectivity index (χ3n) is 4.47. The van der Waals surface area contributed by atoms with Gasteiger partial charge in [-0.15, -0.1) is 0 Å². The second-order valence-electron chi connectivity index (χ2n) is 6.65. The van der Waals surface area contributed by atoms with E-state index in [0.29, 0.717) is 12.2 Å². The van der Waals surface area contributed by atoms with E-state index in [1.165, 1.54) is 12.1 Å². The topological polar surface area (TPSA) is 117 Å². The summed E-state index contributed by atoms with van der Waals surface area (Å²) >= 11 is 0. The molecular formula is C21H22N4O4S. The molecule has 0 atom stereocenters. The van der Waals surface area contributed by atoms with E-state index in [1.807, 2.05) is 13.0 Å². The molecule has 2 N–H and O–H groups in total. The zero-order chi connectivity index (χ0) is 21.7. The Labute approximate surface area is 175 Å². The number of nitriles is 1. The van der Waals surface area contributed by atoms with Gasteiger partial charge in [-0.05, 0) is 43.7 Å². The Hall–Kier alpha value is -3.35. The molecule has 0 saturated carbocycles. The number of furan rings is 1. The third kappa shape index (κ3) is 4.45. The molecule has 1 amide bonds. The van der Waals surface area contributed by atoms with Crippen molar-refractivity contribution in [1.29, 1.82) is 5.26 Å². The number of rotatable bonds is 8. The first-order chi connectivity index (χ1) is 14.4. The summed E-state index contributed by atoms with van der Waals surface area (Å²) in [7, 11) is -3.68. The number of nitrogens with zero attached hydrogens (tertiary/aromatic N) is 2. The summed E-state index contributed by atoms with van der Waals surface area (Å²) in [6, 6.07) is 11.5. The highest BCUT2D eigenvalue weighted by Gasteiger charge is 2.25. The lowest BCUT2D eigenvalue weighted by Crippen LogP contribution is -2.25. The van der Waals surface area contributed by atoms with Crippen molar-refractivity contribution in [2.75, 3.05) is 11.9 Å². The quantitative estimate of drug-likeness (QED) is 0.534. The first kappa shape index (κ1) is 21.4. The Morgan fingerprint density at radius 1 is 1.23 bits per heavy atom. The number of aryl methyl sites for hydroxylation is 1. The summed E-state index contributed by atoms with van der Waals surface area (Å²) in [5.41, 5.74) is 0.507. The number of anilines is 1. The first-order valence-corrected chi connectivity index (χ1v) is 10.9. The number of aromatic nitrogens is 1. The van der Waals surface area contributed by atoms with Crippen LogP contribution in [0.3, 0.4) is 0 Å². The van der Waals surface area contributed by atoms with Crippen LogP contribution in [0.15, 0.2) is 58.1 Å². The molecule has 0 saturated heterocycles. The van der Waals surface area contributed by atoms with Crippen LogP contribution >= 0.6 is 0 Å². The molecule has 2 aromatic heterocycles. The Bertz CT molecular complexity index is 1190. The van der Waals surface area contributed by atoms with Crippen molar-refractivity contribution in [1.82, 2.24) is 9.29 Å². The van der Waals surface area contributed by atoms with Crippen LogP contribution in [-0.4, -0.2) is 25.4 Å². The van der Waals surface area contributed by atoms with Gasteiger partial charge in [0.1, 0.15) is 23.0 Å². The molecule has 2 heterocycles. The van der Waals surface area contributed by atoms with E-state index in [-0.39, 0.29) is 27.7 Å². The number of benzene rings is 1. The summed E-state index contributed by atoms with van der Waals surface area (Å²) in [6.07, 6.45) is 5.02. The predicted molar refractivity (Wildman–Crippen MR) is 112 cm³/mol. The van der Waals surface area contributed by atoms with Crippen LogP contribution in [0.1, 0.15) is 41.4 Å². The molecule has 9 heteroatoms. The van der Waals surface area contributed by atoms with Crippen molar-refractivity contribution in [3.8, 4) is 12.0 Å². The van der Waals surface area contributed by atoms with Gasteiger partial charge in [0, 0.05) is 24.6 Å². The van der Waals surface area contributed by atoms with Gasteiger partial charge in [-0.3, -0.25) is 9.36 Å². The zero-order valence-corrected chi connectivity index (χ0v) is 17.5. The van der Waals surface area contributed by atoms with Crippen LogP contribution in [0, 0.1) is 18.3 Å². The molecule has 0 aliphatic heterocycles. The SMILES string of the molecule is CCCCNS(=O)(=O)c1cccc(NC(=O)c2c(C)oc(-n3cccc3)c2C#N)c1. The van der Waals surface area contributed by atoms with Crippen molar-refractivity contribution >= 4 is 21.6 Å². The number of hydrogen-bond acceptors (Lipinski definition) is 5. The molecule has 0 bridgehead atoms. The molecule has 0 spiro atoms. The lowest BCUT2D eigenvalue weighted by molar-refractivity contribution is 0.102. The van der Waals surface area contributed by atoms with Crippen LogP contribution in [0.5, 0.6) is 0 Å². The van der Waals surface area contributed by atoms with Gasteiger partial charge in [-0.25, -0.2) is 13.1 Å². The van der Waals surface area contributed by atoms with E-state index in [4.69, 9.17) is 4.42 Å². The highest BCUT2D eigenvalue weighted by molar-refractivity contribution is 7.89. The molecule has 30 heavy (non-hydrogen) atoms. The molecule has 0 fully saturated rings.